The SMILES string of the molecule is O=C1CCC(=CCn2c(=O)ccc3ncc(F)cc32)CC1. The summed E-state index contributed by atoms with van der Waals surface area (Å²) in [5, 5.41) is 0. The molecule has 0 bridgehead atoms. The number of fused-ring (bicyclic) bond motifs is 1. The Morgan fingerprint density at radius 1 is 1.19 bits per heavy atom. The van der Waals surface area contributed by atoms with Crippen molar-refractivity contribution >= 4 is 16.8 Å². The van der Waals surface area contributed by atoms with E-state index >= 15 is 0 Å². The van der Waals surface area contributed by atoms with Crippen LogP contribution in [0.25, 0.3) is 11.0 Å². The van der Waals surface area contributed by atoms with E-state index in [1.807, 2.05) is 6.08 Å². The fraction of sp³-hybridized carbons (Fsp3) is 0.312. The van der Waals surface area contributed by atoms with Gasteiger partial charge in [-0.05, 0) is 18.9 Å². The van der Waals surface area contributed by atoms with Crippen molar-refractivity contribution < 1.29 is 9.18 Å². The van der Waals surface area contributed by atoms with Crippen LogP contribution in [0, 0.1) is 5.82 Å². The second-order valence-corrected chi connectivity index (χ2v) is 5.24. The lowest BCUT2D eigenvalue weighted by atomic mass is 9.94. The zero-order chi connectivity index (χ0) is 14.8. The van der Waals surface area contributed by atoms with Crippen LogP contribution in [0.2, 0.25) is 0 Å². The second kappa shape index (κ2) is 5.60. The summed E-state index contributed by atoms with van der Waals surface area (Å²) in [5.74, 6) is -0.168. The van der Waals surface area contributed by atoms with Crippen LogP contribution < -0.4 is 5.56 Å². The highest BCUT2D eigenvalue weighted by Gasteiger charge is 2.12. The number of ketones is 1. The molecule has 5 heteroatoms. The molecular formula is C16H15FN2O2. The molecule has 3 rings (SSSR count). The van der Waals surface area contributed by atoms with E-state index in [1.165, 1.54) is 22.3 Å². The quantitative estimate of drug-likeness (QED) is 0.797. The summed E-state index contributed by atoms with van der Waals surface area (Å²) in [6.07, 6.45) is 5.77. The number of allylic oxidation sites excluding steroid dienone is 2. The van der Waals surface area contributed by atoms with E-state index in [4.69, 9.17) is 0 Å². The van der Waals surface area contributed by atoms with E-state index in [2.05, 4.69) is 4.98 Å². The first-order valence-electron chi connectivity index (χ1n) is 6.98. The Kier molecular flexibility index (Phi) is 3.64. The Hall–Kier alpha value is -2.30. The first-order chi connectivity index (χ1) is 10.1. The van der Waals surface area contributed by atoms with Crippen molar-refractivity contribution in [3.8, 4) is 0 Å². The van der Waals surface area contributed by atoms with Gasteiger partial charge in [-0.15, -0.1) is 0 Å². The Labute approximate surface area is 120 Å². The minimum Gasteiger partial charge on any atom is -0.303 e. The predicted octanol–water partition coefficient (Wildman–Crippen LogP) is 2.61. The summed E-state index contributed by atoms with van der Waals surface area (Å²) in [6.45, 7) is 0.380. The fourth-order valence-electron chi connectivity index (χ4n) is 2.61. The Bertz CT molecular complexity index is 780. The second-order valence-electron chi connectivity index (χ2n) is 5.24. The predicted molar refractivity (Wildman–Crippen MR) is 77.5 cm³/mol. The van der Waals surface area contributed by atoms with Gasteiger partial charge in [0, 0.05) is 31.5 Å². The number of hydrogen-bond donors (Lipinski definition) is 0. The molecular weight excluding hydrogens is 271 g/mol. The number of nitrogens with zero attached hydrogens (tertiary/aromatic N) is 2. The van der Waals surface area contributed by atoms with Crippen molar-refractivity contribution in [3.05, 3.63) is 52.2 Å². The third kappa shape index (κ3) is 2.91. The highest BCUT2D eigenvalue weighted by Crippen LogP contribution is 2.20. The highest BCUT2D eigenvalue weighted by atomic mass is 19.1. The number of pyridine rings is 2. The van der Waals surface area contributed by atoms with Crippen molar-refractivity contribution in [3.63, 3.8) is 0 Å². The monoisotopic (exact) mass is 286 g/mol. The minimum atomic E-state index is -0.460. The zero-order valence-electron chi connectivity index (χ0n) is 11.5. The standard InChI is InChI=1S/C16H15FN2O2/c17-12-9-15-14(18-10-12)5-6-16(21)19(15)8-7-11-1-3-13(20)4-2-11/h5-7,9-10H,1-4,8H2. The largest absolute Gasteiger partial charge is 0.303 e. The van der Waals surface area contributed by atoms with Crippen LogP contribution in [0.5, 0.6) is 0 Å². The van der Waals surface area contributed by atoms with E-state index in [-0.39, 0.29) is 5.56 Å². The van der Waals surface area contributed by atoms with Crippen molar-refractivity contribution in [1.29, 1.82) is 0 Å². The normalized spacial score (nSPS) is 15.5. The van der Waals surface area contributed by atoms with Gasteiger partial charge in [0.15, 0.2) is 0 Å². The number of carbonyl (C=O) groups is 1. The lowest BCUT2D eigenvalue weighted by molar-refractivity contribution is -0.119. The van der Waals surface area contributed by atoms with Gasteiger partial charge in [-0.2, -0.15) is 0 Å². The maximum atomic E-state index is 13.4. The molecule has 0 N–H and O–H groups in total. The van der Waals surface area contributed by atoms with Gasteiger partial charge in [0.25, 0.3) is 5.56 Å². The van der Waals surface area contributed by atoms with Crippen LogP contribution in [-0.2, 0) is 11.3 Å². The number of rotatable bonds is 2. The van der Waals surface area contributed by atoms with Gasteiger partial charge in [0.05, 0.1) is 17.2 Å². The molecule has 0 aliphatic heterocycles. The van der Waals surface area contributed by atoms with E-state index in [9.17, 15) is 14.0 Å². The topological polar surface area (TPSA) is 52.0 Å². The summed E-state index contributed by atoms with van der Waals surface area (Å²) in [4.78, 5) is 27.2. The number of aromatic nitrogens is 2. The van der Waals surface area contributed by atoms with Gasteiger partial charge in [-0.1, -0.05) is 11.6 Å². The van der Waals surface area contributed by atoms with Crippen LogP contribution in [0.1, 0.15) is 25.7 Å². The molecule has 1 saturated carbocycles. The van der Waals surface area contributed by atoms with E-state index < -0.39 is 5.82 Å². The third-order valence-electron chi connectivity index (χ3n) is 3.82. The molecule has 2 aromatic heterocycles. The maximum absolute atomic E-state index is 13.4. The number of carbonyl (C=O) groups excluding carboxylic acids is 1. The Balaban J connectivity index is 1.95. The van der Waals surface area contributed by atoms with Gasteiger partial charge in [-0.25, -0.2) is 4.39 Å². The lowest BCUT2D eigenvalue weighted by Crippen LogP contribution is -2.19. The molecule has 2 heterocycles. The van der Waals surface area contributed by atoms with Crippen LogP contribution in [0.4, 0.5) is 4.39 Å². The molecule has 21 heavy (non-hydrogen) atoms. The minimum absolute atomic E-state index is 0.182. The smallest absolute Gasteiger partial charge is 0.251 e. The van der Waals surface area contributed by atoms with Gasteiger partial charge >= 0.3 is 0 Å². The van der Waals surface area contributed by atoms with Crippen LogP contribution in [0.3, 0.4) is 0 Å². The molecule has 1 fully saturated rings. The molecule has 0 aromatic carbocycles. The highest BCUT2D eigenvalue weighted by molar-refractivity contribution is 5.80. The van der Waals surface area contributed by atoms with Crippen molar-refractivity contribution in [1.82, 2.24) is 9.55 Å². The van der Waals surface area contributed by atoms with Crippen LogP contribution in [0.15, 0.2) is 40.8 Å². The first kappa shape index (κ1) is 13.7. The Morgan fingerprint density at radius 3 is 2.71 bits per heavy atom. The van der Waals surface area contributed by atoms with Crippen molar-refractivity contribution in [2.75, 3.05) is 0 Å². The summed E-state index contributed by atoms with van der Waals surface area (Å²) >= 11 is 0. The van der Waals surface area contributed by atoms with Gasteiger partial charge in [0.2, 0.25) is 0 Å². The molecule has 108 valence electrons. The molecule has 1 aliphatic carbocycles. The maximum Gasteiger partial charge on any atom is 0.251 e. The van der Waals surface area contributed by atoms with Crippen molar-refractivity contribution in [2.45, 2.75) is 32.2 Å². The fourth-order valence-corrected chi connectivity index (χ4v) is 2.61. The molecule has 0 atom stereocenters. The number of Topliss-reactive ketones (excluding diaryl/α,β-unsaturated/α-hetero) is 1. The zero-order valence-corrected chi connectivity index (χ0v) is 11.5. The molecule has 4 nitrogen and oxygen atoms in total. The summed E-state index contributed by atoms with van der Waals surface area (Å²) < 4.78 is 14.9. The van der Waals surface area contributed by atoms with Gasteiger partial charge < -0.3 is 4.57 Å². The average molecular weight is 286 g/mol. The third-order valence-corrected chi connectivity index (χ3v) is 3.82. The summed E-state index contributed by atoms with van der Waals surface area (Å²) in [6, 6.07) is 4.36. The molecule has 0 unspecified atom stereocenters. The first-order valence-corrected chi connectivity index (χ1v) is 6.98. The van der Waals surface area contributed by atoms with Crippen molar-refractivity contribution in [2.24, 2.45) is 0 Å². The van der Waals surface area contributed by atoms with E-state index in [1.54, 1.807) is 6.07 Å². The van der Waals surface area contributed by atoms with Crippen LogP contribution >= 0.6 is 0 Å². The van der Waals surface area contributed by atoms with Gasteiger partial charge in [-0.3, -0.25) is 14.6 Å². The molecule has 0 spiro atoms. The molecule has 0 radical (unpaired) electrons. The van der Waals surface area contributed by atoms with E-state index in [0.29, 0.717) is 36.2 Å². The molecule has 0 amide bonds. The summed E-state index contributed by atoms with van der Waals surface area (Å²) in [5.41, 5.74) is 2.08. The van der Waals surface area contributed by atoms with Crippen LogP contribution in [-0.4, -0.2) is 15.3 Å². The summed E-state index contributed by atoms with van der Waals surface area (Å²) in [7, 11) is 0. The average Bonchev–Trinajstić information content (AvgIpc) is 2.48. The lowest BCUT2D eigenvalue weighted by Gasteiger charge is -2.14. The Morgan fingerprint density at radius 2 is 1.95 bits per heavy atom. The number of hydrogen-bond acceptors (Lipinski definition) is 3. The van der Waals surface area contributed by atoms with Gasteiger partial charge in [0.1, 0.15) is 11.6 Å². The molecule has 1 aliphatic rings. The number of halogens is 1. The molecule has 2 aromatic rings. The molecule has 0 saturated heterocycles. The van der Waals surface area contributed by atoms with E-state index in [0.717, 1.165) is 19.0 Å².